The van der Waals surface area contributed by atoms with Gasteiger partial charge in [-0.15, -0.1) is 0 Å². The largest absolute Gasteiger partial charge is 0.307 e. The van der Waals surface area contributed by atoms with Crippen molar-refractivity contribution in [3.05, 3.63) is 35.9 Å². The van der Waals surface area contributed by atoms with Gasteiger partial charge in [-0.3, -0.25) is 0 Å². The zero-order chi connectivity index (χ0) is 13.2. The summed E-state index contributed by atoms with van der Waals surface area (Å²) in [5.74, 6) is 0. The zero-order valence-corrected chi connectivity index (χ0v) is 12.3. The Labute approximate surface area is 113 Å². The van der Waals surface area contributed by atoms with Crippen molar-refractivity contribution in [2.75, 3.05) is 0 Å². The molecule has 0 aliphatic heterocycles. The molecule has 1 aromatic rings. The molecule has 0 bridgehead atoms. The van der Waals surface area contributed by atoms with Gasteiger partial charge in [0.25, 0.3) is 0 Å². The summed E-state index contributed by atoms with van der Waals surface area (Å²) in [7, 11) is 0. The summed E-state index contributed by atoms with van der Waals surface area (Å²) < 4.78 is 0. The van der Waals surface area contributed by atoms with E-state index in [9.17, 15) is 0 Å². The Morgan fingerprint density at radius 1 is 0.833 bits per heavy atom. The van der Waals surface area contributed by atoms with Crippen molar-refractivity contribution in [3.8, 4) is 0 Å². The van der Waals surface area contributed by atoms with Crippen LogP contribution in [-0.2, 0) is 0 Å². The molecule has 0 aliphatic carbocycles. The first-order valence-electron chi connectivity index (χ1n) is 7.62. The number of nitrogens with one attached hydrogen (secondary N) is 1. The van der Waals surface area contributed by atoms with Crippen molar-refractivity contribution in [2.45, 2.75) is 71.4 Å². The highest BCUT2D eigenvalue weighted by molar-refractivity contribution is 5.18. The number of rotatable bonds is 9. The van der Waals surface area contributed by atoms with Crippen molar-refractivity contribution in [3.63, 3.8) is 0 Å². The van der Waals surface area contributed by atoms with E-state index in [1.165, 1.54) is 44.1 Å². The Bertz CT molecular complexity index is 288. The van der Waals surface area contributed by atoms with E-state index in [1.54, 1.807) is 0 Å². The van der Waals surface area contributed by atoms with Crippen molar-refractivity contribution < 1.29 is 0 Å². The topological polar surface area (TPSA) is 12.0 Å². The van der Waals surface area contributed by atoms with Gasteiger partial charge in [0, 0.05) is 12.1 Å². The molecular weight excluding hydrogens is 218 g/mol. The van der Waals surface area contributed by atoms with Gasteiger partial charge >= 0.3 is 0 Å². The van der Waals surface area contributed by atoms with Crippen LogP contribution in [0.4, 0.5) is 0 Å². The summed E-state index contributed by atoms with van der Waals surface area (Å²) in [6, 6.07) is 12.1. The Hall–Kier alpha value is -0.820. The Morgan fingerprint density at radius 2 is 1.39 bits per heavy atom. The molecule has 0 aromatic heterocycles. The minimum atomic E-state index is 0.527. The van der Waals surface area contributed by atoms with Crippen LogP contribution in [0.5, 0.6) is 0 Å². The smallest absolute Gasteiger partial charge is 0.0322 e. The standard InChI is InChI=1S/C17H29N/c1-4-10-16(11-5-2)18-17(12-6-3)15-13-8-7-9-14-15/h7-9,13-14,16-18H,4-6,10-12H2,1-3H3. The first-order valence-corrected chi connectivity index (χ1v) is 7.62. The van der Waals surface area contributed by atoms with E-state index in [0.717, 1.165) is 0 Å². The average molecular weight is 247 g/mol. The molecule has 1 unspecified atom stereocenters. The molecule has 0 saturated carbocycles. The molecular formula is C17H29N. The molecule has 0 aliphatic rings. The molecule has 1 heteroatoms. The van der Waals surface area contributed by atoms with Crippen molar-refractivity contribution >= 4 is 0 Å². The lowest BCUT2D eigenvalue weighted by atomic mass is 9.99. The van der Waals surface area contributed by atoms with Gasteiger partial charge in [0.05, 0.1) is 0 Å². The summed E-state index contributed by atoms with van der Waals surface area (Å²) >= 11 is 0. The fourth-order valence-corrected chi connectivity index (χ4v) is 2.61. The highest BCUT2D eigenvalue weighted by Gasteiger charge is 2.15. The highest BCUT2D eigenvalue weighted by Crippen LogP contribution is 2.20. The van der Waals surface area contributed by atoms with Crippen LogP contribution >= 0.6 is 0 Å². The van der Waals surface area contributed by atoms with E-state index in [4.69, 9.17) is 0 Å². The van der Waals surface area contributed by atoms with Gasteiger partial charge < -0.3 is 5.32 Å². The van der Waals surface area contributed by atoms with Crippen LogP contribution in [0.3, 0.4) is 0 Å². The van der Waals surface area contributed by atoms with Crippen LogP contribution in [-0.4, -0.2) is 6.04 Å². The first-order chi connectivity index (χ1) is 8.81. The molecule has 1 aromatic carbocycles. The minimum Gasteiger partial charge on any atom is -0.307 e. The molecule has 102 valence electrons. The molecule has 0 amide bonds. The second-order valence-corrected chi connectivity index (χ2v) is 5.19. The quantitative estimate of drug-likeness (QED) is 0.641. The fourth-order valence-electron chi connectivity index (χ4n) is 2.61. The monoisotopic (exact) mass is 247 g/mol. The molecule has 0 fully saturated rings. The maximum atomic E-state index is 3.87. The summed E-state index contributed by atoms with van der Waals surface area (Å²) in [5, 5.41) is 3.87. The fraction of sp³-hybridized carbons (Fsp3) is 0.647. The summed E-state index contributed by atoms with van der Waals surface area (Å²) in [5.41, 5.74) is 1.44. The maximum absolute atomic E-state index is 3.87. The normalized spacial score (nSPS) is 12.9. The SMILES string of the molecule is CCCC(CCC)NC(CCC)c1ccccc1. The minimum absolute atomic E-state index is 0.527. The van der Waals surface area contributed by atoms with Crippen LogP contribution < -0.4 is 5.32 Å². The molecule has 0 saturated heterocycles. The van der Waals surface area contributed by atoms with Gasteiger partial charge in [0.15, 0.2) is 0 Å². The van der Waals surface area contributed by atoms with E-state index in [1.807, 2.05) is 0 Å². The lowest BCUT2D eigenvalue weighted by molar-refractivity contribution is 0.373. The Balaban J connectivity index is 2.66. The Kier molecular flexibility index (Phi) is 7.75. The zero-order valence-electron chi connectivity index (χ0n) is 12.3. The van der Waals surface area contributed by atoms with Gasteiger partial charge in [-0.1, -0.05) is 70.4 Å². The van der Waals surface area contributed by atoms with Crippen LogP contribution in [0, 0.1) is 0 Å². The maximum Gasteiger partial charge on any atom is 0.0322 e. The predicted octanol–water partition coefficient (Wildman–Crippen LogP) is 5.09. The molecule has 0 heterocycles. The van der Waals surface area contributed by atoms with E-state index < -0.39 is 0 Å². The molecule has 0 spiro atoms. The molecule has 1 N–H and O–H groups in total. The average Bonchev–Trinajstić information content (AvgIpc) is 2.40. The van der Waals surface area contributed by atoms with E-state index >= 15 is 0 Å². The molecule has 1 rings (SSSR count). The Morgan fingerprint density at radius 3 is 1.89 bits per heavy atom. The van der Waals surface area contributed by atoms with Crippen LogP contribution in [0.25, 0.3) is 0 Å². The third kappa shape index (κ3) is 5.22. The van der Waals surface area contributed by atoms with Crippen molar-refractivity contribution in [1.29, 1.82) is 0 Å². The van der Waals surface area contributed by atoms with E-state index in [2.05, 4.69) is 56.4 Å². The molecule has 0 radical (unpaired) electrons. The van der Waals surface area contributed by atoms with E-state index in [-0.39, 0.29) is 0 Å². The van der Waals surface area contributed by atoms with Crippen molar-refractivity contribution in [2.24, 2.45) is 0 Å². The highest BCUT2D eigenvalue weighted by atomic mass is 14.9. The predicted molar refractivity (Wildman–Crippen MR) is 80.8 cm³/mol. The summed E-state index contributed by atoms with van der Waals surface area (Å²) in [6.45, 7) is 6.83. The third-order valence-corrected chi connectivity index (χ3v) is 3.49. The number of hydrogen-bond donors (Lipinski definition) is 1. The van der Waals surface area contributed by atoms with Gasteiger partial charge in [-0.05, 0) is 24.8 Å². The van der Waals surface area contributed by atoms with Gasteiger partial charge in [-0.25, -0.2) is 0 Å². The summed E-state index contributed by atoms with van der Waals surface area (Å²) in [4.78, 5) is 0. The van der Waals surface area contributed by atoms with Crippen LogP contribution in [0.2, 0.25) is 0 Å². The van der Waals surface area contributed by atoms with Crippen LogP contribution in [0.1, 0.15) is 70.9 Å². The van der Waals surface area contributed by atoms with Crippen molar-refractivity contribution in [1.82, 2.24) is 5.32 Å². The lowest BCUT2D eigenvalue weighted by Crippen LogP contribution is -2.32. The second kappa shape index (κ2) is 9.16. The molecule has 1 atom stereocenters. The summed E-state index contributed by atoms with van der Waals surface area (Å²) in [6.07, 6.45) is 7.59. The second-order valence-electron chi connectivity index (χ2n) is 5.19. The van der Waals surface area contributed by atoms with E-state index in [0.29, 0.717) is 12.1 Å². The third-order valence-electron chi connectivity index (χ3n) is 3.49. The van der Waals surface area contributed by atoms with Gasteiger partial charge in [0.1, 0.15) is 0 Å². The number of hydrogen-bond acceptors (Lipinski definition) is 1. The first kappa shape index (κ1) is 15.2. The lowest BCUT2D eigenvalue weighted by Gasteiger charge is -2.26. The number of benzene rings is 1. The van der Waals surface area contributed by atoms with Gasteiger partial charge in [0.2, 0.25) is 0 Å². The molecule has 18 heavy (non-hydrogen) atoms. The van der Waals surface area contributed by atoms with Crippen LogP contribution in [0.15, 0.2) is 30.3 Å². The van der Waals surface area contributed by atoms with Gasteiger partial charge in [-0.2, -0.15) is 0 Å². The molecule has 1 nitrogen and oxygen atoms in total.